The van der Waals surface area contributed by atoms with Crippen LogP contribution in [0.25, 0.3) is 0 Å². The summed E-state index contributed by atoms with van der Waals surface area (Å²) in [5, 5.41) is 0.541. The number of hydrogen-bond donors (Lipinski definition) is 1. The van der Waals surface area contributed by atoms with Crippen LogP contribution in [0.3, 0.4) is 0 Å². The van der Waals surface area contributed by atoms with Gasteiger partial charge in [-0.05, 0) is 24.1 Å². The van der Waals surface area contributed by atoms with Crippen molar-refractivity contribution in [1.82, 2.24) is 4.98 Å². The third kappa shape index (κ3) is 2.20. The number of aromatic amines is 1. The molecule has 0 saturated carbocycles. The summed E-state index contributed by atoms with van der Waals surface area (Å²) in [4.78, 5) is 2.87. The number of aromatic nitrogens is 1. The van der Waals surface area contributed by atoms with Gasteiger partial charge in [-0.1, -0.05) is 29.7 Å². The van der Waals surface area contributed by atoms with Crippen LogP contribution in [-0.4, -0.2) is 4.98 Å². The zero-order valence-corrected chi connectivity index (χ0v) is 8.48. The smallest absolute Gasteiger partial charge is 0.138 e. The number of hydrogen-bond acceptors (Lipinski definition) is 0. The summed E-state index contributed by atoms with van der Waals surface area (Å²) in [6, 6.07) is 8.07. The molecule has 3 heteroatoms. The number of rotatable bonds is 0. The van der Waals surface area contributed by atoms with Crippen molar-refractivity contribution >= 4 is 11.6 Å². The predicted molar refractivity (Wildman–Crippen MR) is 58.2 cm³/mol. The van der Waals surface area contributed by atoms with Crippen LogP contribution in [0.5, 0.6) is 0 Å². The highest BCUT2D eigenvalue weighted by Gasteiger charge is 1.97. The first-order valence-electron chi connectivity index (χ1n) is 4.37. The average Bonchev–Trinajstić information content (AvgIpc) is 2.63. The van der Waals surface area contributed by atoms with Crippen molar-refractivity contribution in [1.29, 1.82) is 0 Å². The second-order valence-electron chi connectivity index (χ2n) is 2.93. The van der Waals surface area contributed by atoms with Gasteiger partial charge in [0.25, 0.3) is 0 Å². The standard InChI is InChI=1S/C12H7ClFN/c13-10-7-8-15-12(10)6-5-9-3-1-2-4-11(9)14/h1-4,7-8,15H. The third-order valence-corrected chi connectivity index (χ3v) is 2.21. The lowest BCUT2D eigenvalue weighted by molar-refractivity contribution is 0.624. The van der Waals surface area contributed by atoms with Crippen molar-refractivity contribution in [2.45, 2.75) is 0 Å². The van der Waals surface area contributed by atoms with E-state index in [0.29, 0.717) is 16.3 Å². The Morgan fingerprint density at radius 1 is 1.13 bits per heavy atom. The van der Waals surface area contributed by atoms with Crippen LogP contribution in [0.2, 0.25) is 5.02 Å². The molecule has 0 aliphatic carbocycles. The normalized spacial score (nSPS) is 9.47. The van der Waals surface area contributed by atoms with E-state index in [1.54, 1.807) is 30.5 Å². The van der Waals surface area contributed by atoms with Gasteiger partial charge in [-0.25, -0.2) is 4.39 Å². The van der Waals surface area contributed by atoms with E-state index in [0.717, 1.165) is 0 Å². The van der Waals surface area contributed by atoms with Gasteiger partial charge in [0.15, 0.2) is 0 Å². The summed E-state index contributed by atoms with van der Waals surface area (Å²) in [5.74, 6) is 5.16. The van der Waals surface area contributed by atoms with Crippen LogP contribution in [0, 0.1) is 17.7 Å². The quantitative estimate of drug-likeness (QED) is 0.655. The van der Waals surface area contributed by atoms with Gasteiger partial charge >= 0.3 is 0 Å². The fraction of sp³-hybridized carbons (Fsp3) is 0. The van der Waals surface area contributed by atoms with Gasteiger partial charge in [0.05, 0.1) is 10.6 Å². The molecule has 1 aromatic heterocycles. The molecule has 0 saturated heterocycles. The summed E-state index contributed by atoms with van der Waals surface area (Å²) >= 11 is 5.82. The van der Waals surface area contributed by atoms with E-state index in [-0.39, 0.29) is 5.82 Å². The summed E-state index contributed by atoms with van der Waals surface area (Å²) in [6.45, 7) is 0. The van der Waals surface area contributed by atoms with Gasteiger partial charge in [0, 0.05) is 6.20 Å². The number of halogens is 2. The Morgan fingerprint density at radius 2 is 1.93 bits per heavy atom. The Bertz CT molecular complexity index is 534. The molecule has 0 fully saturated rings. The molecule has 0 unspecified atom stereocenters. The Kier molecular flexibility index (Phi) is 2.75. The van der Waals surface area contributed by atoms with E-state index in [4.69, 9.17) is 11.6 Å². The van der Waals surface area contributed by atoms with Gasteiger partial charge in [0.1, 0.15) is 11.5 Å². The average molecular weight is 220 g/mol. The van der Waals surface area contributed by atoms with Crippen molar-refractivity contribution in [2.75, 3.05) is 0 Å². The summed E-state index contributed by atoms with van der Waals surface area (Å²) < 4.78 is 13.2. The molecule has 15 heavy (non-hydrogen) atoms. The second-order valence-corrected chi connectivity index (χ2v) is 3.34. The minimum Gasteiger partial charge on any atom is -0.354 e. The summed E-state index contributed by atoms with van der Waals surface area (Å²) in [6.07, 6.45) is 1.69. The molecule has 0 aliphatic rings. The van der Waals surface area contributed by atoms with Crippen molar-refractivity contribution < 1.29 is 4.39 Å². The molecular weight excluding hydrogens is 213 g/mol. The molecule has 2 aromatic rings. The van der Waals surface area contributed by atoms with Crippen molar-refractivity contribution in [2.24, 2.45) is 0 Å². The van der Waals surface area contributed by atoms with Crippen molar-refractivity contribution in [3.63, 3.8) is 0 Å². The fourth-order valence-electron chi connectivity index (χ4n) is 1.14. The van der Waals surface area contributed by atoms with E-state index < -0.39 is 0 Å². The molecule has 0 aliphatic heterocycles. The van der Waals surface area contributed by atoms with Crippen LogP contribution in [0.15, 0.2) is 36.5 Å². The minimum atomic E-state index is -0.326. The Hall–Kier alpha value is -1.72. The molecule has 1 N–H and O–H groups in total. The third-order valence-electron chi connectivity index (χ3n) is 1.89. The van der Waals surface area contributed by atoms with Crippen LogP contribution >= 0.6 is 11.6 Å². The van der Waals surface area contributed by atoms with Crippen molar-refractivity contribution in [3.05, 3.63) is 58.6 Å². The van der Waals surface area contributed by atoms with E-state index in [2.05, 4.69) is 16.8 Å². The maximum Gasteiger partial charge on any atom is 0.138 e. The Balaban J connectivity index is 2.34. The van der Waals surface area contributed by atoms with Gasteiger partial charge in [0.2, 0.25) is 0 Å². The molecule has 1 aromatic carbocycles. The second kappa shape index (κ2) is 4.20. The molecule has 2 rings (SSSR count). The maximum atomic E-state index is 13.2. The monoisotopic (exact) mass is 219 g/mol. The molecular formula is C12H7ClFN. The van der Waals surface area contributed by atoms with E-state index in [1.165, 1.54) is 6.07 Å². The molecule has 74 valence electrons. The lowest BCUT2D eigenvalue weighted by atomic mass is 10.2. The molecule has 0 atom stereocenters. The van der Waals surface area contributed by atoms with Crippen LogP contribution in [0.1, 0.15) is 11.3 Å². The molecule has 1 nitrogen and oxygen atoms in total. The first-order valence-corrected chi connectivity index (χ1v) is 4.74. The molecule has 0 spiro atoms. The summed E-state index contributed by atoms with van der Waals surface area (Å²) in [5.41, 5.74) is 0.961. The number of H-pyrrole nitrogens is 1. The maximum absolute atomic E-state index is 13.2. The Labute approximate surface area is 91.9 Å². The van der Waals surface area contributed by atoms with Crippen LogP contribution in [0.4, 0.5) is 4.39 Å². The highest BCUT2D eigenvalue weighted by atomic mass is 35.5. The van der Waals surface area contributed by atoms with Gasteiger partial charge in [-0.2, -0.15) is 0 Å². The van der Waals surface area contributed by atoms with Gasteiger partial charge < -0.3 is 4.98 Å². The highest BCUT2D eigenvalue weighted by Crippen LogP contribution is 2.12. The first kappa shape index (κ1) is 9.82. The van der Waals surface area contributed by atoms with Gasteiger partial charge in [-0.3, -0.25) is 0 Å². The van der Waals surface area contributed by atoms with Crippen molar-refractivity contribution in [3.8, 4) is 11.8 Å². The summed E-state index contributed by atoms with van der Waals surface area (Å²) in [7, 11) is 0. The largest absolute Gasteiger partial charge is 0.354 e. The van der Waals surface area contributed by atoms with E-state index >= 15 is 0 Å². The zero-order valence-electron chi connectivity index (χ0n) is 7.72. The fourth-order valence-corrected chi connectivity index (χ4v) is 1.30. The number of benzene rings is 1. The molecule has 0 bridgehead atoms. The predicted octanol–water partition coefficient (Wildman–Crippen LogP) is 3.21. The molecule has 0 amide bonds. The van der Waals surface area contributed by atoms with Gasteiger partial charge in [-0.15, -0.1) is 0 Å². The topological polar surface area (TPSA) is 15.8 Å². The first-order chi connectivity index (χ1) is 7.27. The zero-order chi connectivity index (χ0) is 10.7. The van der Waals surface area contributed by atoms with Crippen LogP contribution in [-0.2, 0) is 0 Å². The highest BCUT2D eigenvalue weighted by molar-refractivity contribution is 6.31. The lowest BCUT2D eigenvalue weighted by Gasteiger charge is -1.91. The van der Waals surface area contributed by atoms with E-state index in [9.17, 15) is 4.39 Å². The molecule has 1 heterocycles. The molecule has 0 radical (unpaired) electrons. The minimum absolute atomic E-state index is 0.326. The lowest BCUT2D eigenvalue weighted by Crippen LogP contribution is -1.81. The SMILES string of the molecule is Fc1ccccc1C#Cc1[nH]ccc1Cl. The van der Waals surface area contributed by atoms with Crippen LogP contribution < -0.4 is 0 Å². The number of nitrogens with one attached hydrogen (secondary N) is 1. The van der Waals surface area contributed by atoms with E-state index in [1.807, 2.05) is 0 Å². The Morgan fingerprint density at radius 3 is 2.60 bits per heavy atom.